The molecule has 1 saturated heterocycles. The highest BCUT2D eigenvalue weighted by Crippen LogP contribution is 2.55. The van der Waals surface area contributed by atoms with Crippen LogP contribution >= 0.6 is 16.2 Å². The number of hydrogen-bond acceptors (Lipinski definition) is 2. The Hall–Kier alpha value is -2.34. The van der Waals surface area contributed by atoms with Gasteiger partial charge in [-0.2, -0.15) is 0 Å². The molecule has 1 heterocycles. The summed E-state index contributed by atoms with van der Waals surface area (Å²) in [4.78, 5) is 0. The third-order valence-corrected chi connectivity index (χ3v) is 12.4. The Morgan fingerprint density at radius 2 is 1.16 bits per heavy atom. The normalized spacial score (nSPS) is 21.2. The van der Waals surface area contributed by atoms with Crippen LogP contribution in [0.2, 0.25) is 0 Å². The molecule has 188 valence electrons. The Balaban J connectivity index is 1.33. The predicted octanol–water partition coefficient (Wildman–Crippen LogP) is 6.57. The zero-order valence-corrected chi connectivity index (χ0v) is 23.5. The van der Waals surface area contributed by atoms with E-state index in [1.807, 2.05) is 0 Å². The highest BCUT2D eigenvalue weighted by molar-refractivity contribution is 7.71. The van der Waals surface area contributed by atoms with Gasteiger partial charge in [0, 0.05) is 30.8 Å². The van der Waals surface area contributed by atoms with E-state index in [9.17, 15) is 0 Å². The molecule has 2 nitrogen and oxygen atoms in total. The predicted molar refractivity (Wildman–Crippen MR) is 160 cm³/mol. The molecule has 4 aromatic rings. The SMILES string of the molecule is Cc1ccc(P(c2ccc(C)cc2)N2[C@@H]3CC[C@@H](C3)[C@H]2COP(c2ccccc2)c2ccccc2)cc1. The van der Waals surface area contributed by atoms with Crippen molar-refractivity contribution >= 4 is 37.4 Å². The molecule has 4 heteroatoms. The molecule has 2 fully saturated rings. The van der Waals surface area contributed by atoms with E-state index in [0.717, 1.165) is 6.61 Å². The van der Waals surface area contributed by atoms with Crippen molar-refractivity contribution in [1.29, 1.82) is 0 Å². The highest BCUT2D eigenvalue weighted by atomic mass is 31.1. The van der Waals surface area contributed by atoms with Crippen LogP contribution in [0.4, 0.5) is 0 Å². The fourth-order valence-electron chi connectivity index (χ4n) is 5.96. The van der Waals surface area contributed by atoms with Gasteiger partial charge in [-0.25, -0.2) is 0 Å². The molecule has 4 aromatic carbocycles. The van der Waals surface area contributed by atoms with Crippen molar-refractivity contribution < 1.29 is 4.52 Å². The second-order valence-electron chi connectivity index (χ2n) is 10.4. The lowest BCUT2D eigenvalue weighted by Gasteiger charge is -2.41. The smallest absolute Gasteiger partial charge is 0.0918 e. The molecular formula is C33H35NOP2. The molecule has 1 aliphatic heterocycles. The average Bonchev–Trinajstić information content (AvgIpc) is 3.55. The van der Waals surface area contributed by atoms with Gasteiger partial charge >= 0.3 is 0 Å². The first-order chi connectivity index (χ1) is 18.2. The fraction of sp³-hybridized carbons (Fsp3) is 0.273. The maximum atomic E-state index is 6.97. The number of benzene rings is 4. The summed E-state index contributed by atoms with van der Waals surface area (Å²) in [7, 11) is -1.46. The number of piperidine rings is 1. The summed E-state index contributed by atoms with van der Waals surface area (Å²) in [5.41, 5.74) is 2.64. The molecule has 0 radical (unpaired) electrons. The number of hydrogen-bond donors (Lipinski definition) is 0. The molecule has 2 aliphatic rings. The lowest BCUT2D eigenvalue weighted by Crippen LogP contribution is -2.44. The van der Waals surface area contributed by atoms with Crippen LogP contribution in [0, 0.1) is 19.8 Å². The quantitative estimate of drug-likeness (QED) is 0.242. The van der Waals surface area contributed by atoms with Gasteiger partial charge in [0.1, 0.15) is 0 Å². The van der Waals surface area contributed by atoms with Gasteiger partial charge in [-0.05, 0) is 49.6 Å². The van der Waals surface area contributed by atoms with Gasteiger partial charge in [-0.15, -0.1) is 0 Å². The Kier molecular flexibility index (Phi) is 7.55. The van der Waals surface area contributed by atoms with Gasteiger partial charge in [0.2, 0.25) is 0 Å². The minimum absolute atomic E-state index is 0.449. The summed E-state index contributed by atoms with van der Waals surface area (Å²) in [5.74, 6) is 0.717. The van der Waals surface area contributed by atoms with E-state index >= 15 is 0 Å². The van der Waals surface area contributed by atoms with Crippen molar-refractivity contribution in [2.75, 3.05) is 6.61 Å². The zero-order chi connectivity index (χ0) is 25.2. The Morgan fingerprint density at radius 3 is 1.68 bits per heavy atom. The van der Waals surface area contributed by atoms with Gasteiger partial charge in [-0.3, -0.25) is 4.67 Å². The average molecular weight is 524 g/mol. The minimum atomic E-state index is -0.851. The standard InChI is InChI=1S/C33H35NOP2/c1-25-13-19-29(20-14-25)36(30-21-15-26(2)16-22-30)34-28-18-17-27(23-28)33(34)24-35-37(31-9-5-3-6-10-31)32-11-7-4-8-12-32/h3-16,19-22,27-28,33H,17-18,23-24H2,1-2H3/t27-,28+,33+/m0/s1. The molecule has 1 aliphatic carbocycles. The second-order valence-corrected chi connectivity index (χ2v) is 14.4. The van der Waals surface area contributed by atoms with E-state index < -0.39 is 16.2 Å². The zero-order valence-electron chi connectivity index (χ0n) is 21.7. The van der Waals surface area contributed by atoms with E-state index in [1.54, 1.807) is 0 Å². The van der Waals surface area contributed by atoms with Crippen molar-refractivity contribution in [3.63, 3.8) is 0 Å². The van der Waals surface area contributed by atoms with E-state index in [0.29, 0.717) is 18.0 Å². The molecule has 0 spiro atoms. The summed E-state index contributed by atoms with van der Waals surface area (Å²) in [6, 6.07) is 41.3. The summed E-state index contributed by atoms with van der Waals surface area (Å²) in [6.07, 6.45) is 3.94. The molecule has 0 amide bonds. The van der Waals surface area contributed by atoms with Crippen LogP contribution in [0.1, 0.15) is 30.4 Å². The lowest BCUT2D eigenvalue weighted by atomic mass is 10.0. The number of nitrogens with zero attached hydrogens (tertiary/aromatic N) is 1. The minimum Gasteiger partial charge on any atom is -0.348 e. The van der Waals surface area contributed by atoms with E-state index in [-0.39, 0.29) is 0 Å². The molecule has 37 heavy (non-hydrogen) atoms. The fourth-order valence-corrected chi connectivity index (χ4v) is 10.5. The maximum absolute atomic E-state index is 6.97. The van der Waals surface area contributed by atoms with Crippen molar-refractivity contribution in [2.45, 2.75) is 45.2 Å². The number of fused-ring (bicyclic) bond motifs is 2. The Morgan fingerprint density at radius 1 is 0.649 bits per heavy atom. The second kappa shape index (κ2) is 11.2. The molecule has 1 saturated carbocycles. The first-order valence-corrected chi connectivity index (χ1v) is 16.0. The van der Waals surface area contributed by atoms with Crippen molar-refractivity contribution in [1.82, 2.24) is 4.67 Å². The molecule has 2 bridgehead atoms. The summed E-state index contributed by atoms with van der Waals surface area (Å²) in [5, 5.41) is 5.49. The van der Waals surface area contributed by atoms with E-state index in [1.165, 1.54) is 51.6 Å². The van der Waals surface area contributed by atoms with Crippen LogP contribution in [-0.4, -0.2) is 23.4 Å². The van der Waals surface area contributed by atoms with Gasteiger partial charge < -0.3 is 4.52 Å². The van der Waals surface area contributed by atoms with Crippen LogP contribution in [0.5, 0.6) is 0 Å². The Bertz CT molecular complexity index is 1210. The maximum Gasteiger partial charge on any atom is 0.0918 e. The largest absolute Gasteiger partial charge is 0.348 e. The number of aryl methyl sites for hydroxylation is 2. The molecule has 6 rings (SSSR count). The van der Waals surface area contributed by atoms with Crippen LogP contribution < -0.4 is 21.2 Å². The van der Waals surface area contributed by atoms with Gasteiger partial charge in [0.15, 0.2) is 0 Å². The van der Waals surface area contributed by atoms with Crippen LogP contribution in [-0.2, 0) is 4.52 Å². The summed E-state index contributed by atoms with van der Waals surface area (Å²) < 4.78 is 9.87. The van der Waals surface area contributed by atoms with Gasteiger partial charge in [0.25, 0.3) is 0 Å². The topological polar surface area (TPSA) is 12.5 Å². The summed E-state index contributed by atoms with van der Waals surface area (Å²) >= 11 is 0. The molecule has 3 atom stereocenters. The monoisotopic (exact) mass is 523 g/mol. The Labute approximate surface area is 224 Å². The van der Waals surface area contributed by atoms with Crippen LogP contribution in [0.25, 0.3) is 0 Å². The van der Waals surface area contributed by atoms with Gasteiger partial charge in [-0.1, -0.05) is 120 Å². The van der Waals surface area contributed by atoms with Gasteiger partial charge in [0.05, 0.1) is 14.8 Å². The van der Waals surface area contributed by atoms with E-state index in [2.05, 4.69) is 128 Å². The van der Waals surface area contributed by atoms with Crippen molar-refractivity contribution in [2.24, 2.45) is 5.92 Å². The first-order valence-electron chi connectivity index (χ1n) is 13.4. The lowest BCUT2D eigenvalue weighted by molar-refractivity contribution is 0.181. The third-order valence-electron chi connectivity index (χ3n) is 7.85. The van der Waals surface area contributed by atoms with Crippen LogP contribution in [0.3, 0.4) is 0 Å². The summed E-state index contributed by atoms with van der Waals surface area (Å²) in [6.45, 7) is 5.15. The molecule has 0 N–H and O–H groups in total. The third kappa shape index (κ3) is 5.32. The molecule has 0 aromatic heterocycles. The molecule has 0 unspecified atom stereocenters. The first kappa shape index (κ1) is 25.0. The van der Waals surface area contributed by atoms with Crippen molar-refractivity contribution in [3.05, 3.63) is 120 Å². The highest BCUT2D eigenvalue weighted by Gasteiger charge is 2.49. The number of rotatable bonds is 8. The van der Waals surface area contributed by atoms with Crippen molar-refractivity contribution in [3.8, 4) is 0 Å². The van der Waals surface area contributed by atoms with E-state index in [4.69, 9.17) is 4.52 Å². The molecular weight excluding hydrogens is 488 g/mol. The van der Waals surface area contributed by atoms with Crippen LogP contribution in [0.15, 0.2) is 109 Å².